The predicted octanol–water partition coefficient (Wildman–Crippen LogP) is 4.78. The van der Waals surface area contributed by atoms with Crippen LogP contribution in [0.5, 0.6) is 0 Å². The molecule has 0 bridgehead atoms. The predicted molar refractivity (Wildman–Crippen MR) is 160 cm³/mol. The molecule has 9 heteroatoms. The van der Waals surface area contributed by atoms with E-state index in [0.717, 1.165) is 12.8 Å². The maximum absolute atomic E-state index is 10.3. The number of hydrogen-bond donors (Lipinski definition) is 5. The SMILES string of the molecule is CCCCCCCCCCCCC/C=C/[C@@H](O[Si](C)(C)C(C)(C)C)[C@@H](N)COC1OC(CO)C(O)C(O)C1O. The summed E-state index contributed by atoms with van der Waals surface area (Å²) in [7, 11) is -2.13. The van der Waals surface area contributed by atoms with E-state index in [1.807, 2.05) is 6.08 Å². The molecule has 1 aliphatic heterocycles. The number of aliphatic hydroxyl groups is 4. The summed E-state index contributed by atoms with van der Waals surface area (Å²) < 4.78 is 17.8. The van der Waals surface area contributed by atoms with Crippen LogP contribution in [0, 0.1) is 0 Å². The molecule has 1 rings (SSSR count). The Bertz CT molecular complexity index is 656. The Morgan fingerprint density at radius 2 is 1.41 bits per heavy atom. The Morgan fingerprint density at radius 1 is 0.872 bits per heavy atom. The second-order valence-electron chi connectivity index (χ2n) is 12.8. The van der Waals surface area contributed by atoms with Gasteiger partial charge in [-0.1, -0.05) is 104 Å². The van der Waals surface area contributed by atoms with Crippen molar-refractivity contribution in [2.45, 2.75) is 166 Å². The van der Waals surface area contributed by atoms with Crippen LogP contribution >= 0.6 is 0 Å². The molecule has 0 amide bonds. The van der Waals surface area contributed by atoms with Crippen LogP contribution in [0.25, 0.3) is 0 Å². The van der Waals surface area contributed by atoms with Gasteiger partial charge in [-0.05, 0) is 31.0 Å². The van der Waals surface area contributed by atoms with Crippen LogP contribution in [0.4, 0.5) is 0 Å². The van der Waals surface area contributed by atoms with Gasteiger partial charge >= 0.3 is 0 Å². The lowest BCUT2D eigenvalue weighted by Crippen LogP contribution is -2.60. The van der Waals surface area contributed by atoms with Gasteiger partial charge in [-0.3, -0.25) is 0 Å². The number of aliphatic hydroxyl groups excluding tert-OH is 4. The highest BCUT2D eigenvalue weighted by Crippen LogP contribution is 2.37. The summed E-state index contributed by atoms with van der Waals surface area (Å²) in [6.45, 7) is 12.7. The Kier molecular flexibility index (Phi) is 17.8. The normalized spacial score (nSPS) is 26.3. The standard InChI is InChI=1S/C30H61NO7Si/c1-7-8-9-10-11-12-13-14-15-16-17-18-19-20-24(38-39(5,6)30(2,3)4)23(31)22-36-29-28(35)27(34)26(33)25(21-32)37-29/h19-20,23-29,32-35H,7-18,21-22,31H2,1-6H3/b20-19+/t23-,24+,25?,26?,27?,28?,29?/m0/s1. The van der Waals surface area contributed by atoms with Gasteiger partial charge < -0.3 is 40.1 Å². The van der Waals surface area contributed by atoms with Gasteiger partial charge in [-0.15, -0.1) is 0 Å². The third-order valence-electron chi connectivity index (χ3n) is 8.26. The van der Waals surface area contributed by atoms with E-state index in [4.69, 9.17) is 19.6 Å². The zero-order valence-electron chi connectivity index (χ0n) is 25.7. The summed E-state index contributed by atoms with van der Waals surface area (Å²) in [5.74, 6) is 0. The van der Waals surface area contributed by atoms with E-state index in [9.17, 15) is 20.4 Å². The average molecular weight is 576 g/mol. The van der Waals surface area contributed by atoms with Gasteiger partial charge in [0.15, 0.2) is 14.6 Å². The van der Waals surface area contributed by atoms with Crippen molar-refractivity contribution in [1.29, 1.82) is 0 Å². The monoisotopic (exact) mass is 575 g/mol. The summed E-state index contributed by atoms with van der Waals surface area (Å²) in [5.41, 5.74) is 6.53. The highest BCUT2D eigenvalue weighted by molar-refractivity contribution is 6.74. The molecule has 0 spiro atoms. The summed E-state index contributed by atoms with van der Waals surface area (Å²) in [6, 6.07) is -0.528. The minimum Gasteiger partial charge on any atom is -0.409 e. The zero-order chi connectivity index (χ0) is 29.5. The molecule has 1 fully saturated rings. The second-order valence-corrected chi connectivity index (χ2v) is 17.5. The van der Waals surface area contributed by atoms with Crippen molar-refractivity contribution >= 4 is 8.32 Å². The molecule has 0 aromatic heterocycles. The van der Waals surface area contributed by atoms with E-state index in [2.05, 4.69) is 46.9 Å². The van der Waals surface area contributed by atoms with E-state index in [1.54, 1.807) is 0 Å². The lowest BCUT2D eigenvalue weighted by atomic mass is 9.99. The Labute approximate surface area is 239 Å². The van der Waals surface area contributed by atoms with Crippen molar-refractivity contribution < 1.29 is 34.3 Å². The van der Waals surface area contributed by atoms with E-state index < -0.39 is 51.7 Å². The molecule has 39 heavy (non-hydrogen) atoms. The highest BCUT2D eigenvalue weighted by atomic mass is 28.4. The molecule has 0 aromatic carbocycles. The first kappa shape index (κ1) is 36.7. The number of ether oxygens (including phenoxy) is 2. The van der Waals surface area contributed by atoms with Crippen molar-refractivity contribution in [2.24, 2.45) is 5.73 Å². The Balaban J connectivity index is 2.56. The number of unbranched alkanes of at least 4 members (excludes halogenated alkanes) is 11. The third kappa shape index (κ3) is 13.4. The van der Waals surface area contributed by atoms with Gasteiger partial charge in [0, 0.05) is 0 Å². The molecule has 7 atom stereocenters. The average Bonchev–Trinajstić information content (AvgIpc) is 2.88. The number of allylic oxidation sites excluding steroid dienone is 1. The van der Waals surface area contributed by atoms with Crippen LogP contribution in [0.3, 0.4) is 0 Å². The molecule has 5 unspecified atom stereocenters. The van der Waals surface area contributed by atoms with Crippen LogP contribution in [-0.2, 0) is 13.9 Å². The Hall–Kier alpha value is -0.363. The van der Waals surface area contributed by atoms with Gasteiger partial charge in [0.25, 0.3) is 0 Å². The topological polar surface area (TPSA) is 135 Å². The van der Waals surface area contributed by atoms with Crippen LogP contribution in [0.15, 0.2) is 12.2 Å². The zero-order valence-corrected chi connectivity index (χ0v) is 26.7. The van der Waals surface area contributed by atoms with Gasteiger partial charge in [-0.2, -0.15) is 0 Å². The molecule has 0 saturated carbocycles. The van der Waals surface area contributed by atoms with E-state index in [0.29, 0.717) is 0 Å². The first-order valence-electron chi connectivity index (χ1n) is 15.4. The molecule has 1 saturated heterocycles. The van der Waals surface area contributed by atoms with Gasteiger partial charge in [0.2, 0.25) is 0 Å². The lowest BCUT2D eigenvalue weighted by Gasteiger charge is -2.41. The molecular weight excluding hydrogens is 514 g/mol. The molecule has 0 aromatic rings. The van der Waals surface area contributed by atoms with Crippen molar-refractivity contribution in [3.8, 4) is 0 Å². The van der Waals surface area contributed by atoms with E-state index in [-0.39, 0.29) is 17.7 Å². The fraction of sp³-hybridized carbons (Fsp3) is 0.933. The molecule has 0 radical (unpaired) electrons. The molecule has 0 aliphatic carbocycles. The van der Waals surface area contributed by atoms with Crippen LogP contribution < -0.4 is 5.73 Å². The van der Waals surface area contributed by atoms with Crippen molar-refractivity contribution in [3.05, 3.63) is 12.2 Å². The summed E-state index contributed by atoms with van der Waals surface area (Å²) in [6.07, 6.45) is 12.7. The first-order valence-corrected chi connectivity index (χ1v) is 18.3. The molecular formula is C30H61NO7Si. The fourth-order valence-corrected chi connectivity index (χ4v) is 5.74. The van der Waals surface area contributed by atoms with Gasteiger partial charge in [-0.25, -0.2) is 0 Å². The van der Waals surface area contributed by atoms with Crippen LogP contribution in [0.1, 0.15) is 105 Å². The minimum atomic E-state index is -2.13. The van der Waals surface area contributed by atoms with Crippen LogP contribution in [-0.4, -0.2) is 84.8 Å². The molecule has 1 heterocycles. The molecule has 1 aliphatic rings. The number of nitrogens with two attached hydrogens (primary N) is 1. The summed E-state index contributed by atoms with van der Waals surface area (Å²) in [5, 5.41) is 39.7. The quantitative estimate of drug-likeness (QED) is 0.0796. The first-order chi connectivity index (χ1) is 18.4. The van der Waals surface area contributed by atoms with Crippen molar-refractivity contribution in [2.75, 3.05) is 13.2 Å². The maximum atomic E-state index is 10.3. The second kappa shape index (κ2) is 18.9. The van der Waals surface area contributed by atoms with Gasteiger partial charge in [0.05, 0.1) is 25.4 Å². The summed E-state index contributed by atoms with van der Waals surface area (Å²) in [4.78, 5) is 0. The molecule has 6 N–H and O–H groups in total. The van der Waals surface area contributed by atoms with E-state index in [1.165, 1.54) is 64.2 Å². The highest BCUT2D eigenvalue weighted by Gasteiger charge is 2.44. The van der Waals surface area contributed by atoms with E-state index >= 15 is 0 Å². The van der Waals surface area contributed by atoms with Crippen LogP contribution in [0.2, 0.25) is 18.1 Å². The largest absolute Gasteiger partial charge is 0.409 e. The smallest absolute Gasteiger partial charge is 0.192 e. The molecule has 232 valence electrons. The van der Waals surface area contributed by atoms with Gasteiger partial charge in [0.1, 0.15) is 24.4 Å². The molecule has 8 nitrogen and oxygen atoms in total. The Morgan fingerprint density at radius 3 is 1.92 bits per heavy atom. The number of hydrogen-bond acceptors (Lipinski definition) is 8. The minimum absolute atomic E-state index is 0.00688. The van der Waals surface area contributed by atoms with Crippen molar-refractivity contribution in [3.63, 3.8) is 0 Å². The summed E-state index contributed by atoms with van der Waals surface area (Å²) >= 11 is 0. The number of rotatable bonds is 20. The third-order valence-corrected chi connectivity index (χ3v) is 12.7. The fourth-order valence-electron chi connectivity index (χ4n) is 4.45. The van der Waals surface area contributed by atoms with Crippen molar-refractivity contribution in [1.82, 2.24) is 0 Å². The maximum Gasteiger partial charge on any atom is 0.192 e. The lowest BCUT2D eigenvalue weighted by molar-refractivity contribution is -0.302.